The minimum Gasteiger partial charge on any atom is -0.350 e. The van der Waals surface area contributed by atoms with Gasteiger partial charge in [-0.3, -0.25) is 4.79 Å². The zero-order valence-electron chi connectivity index (χ0n) is 9.66. The van der Waals surface area contributed by atoms with Crippen molar-refractivity contribution in [1.29, 1.82) is 0 Å². The Balaban J connectivity index is 0.00000162. The van der Waals surface area contributed by atoms with Gasteiger partial charge in [0.05, 0.1) is 10.6 Å². The minimum atomic E-state index is -0.174. The second kappa shape index (κ2) is 6.75. The molecule has 0 bridgehead atoms. The molecule has 3 nitrogen and oxygen atoms in total. The fourth-order valence-electron chi connectivity index (χ4n) is 1.68. The van der Waals surface area contributed by atoms with Crippen LogP contribution < -0.4 is 11.1 Å². The molecule has 0 aromatic heterocycles. The van der Waals surface area contributed by atoms with Gasteiger partial charge in [0.25, 0.3) is 5.91 Å². The lowest BCUT2D eigenvalue weighted by Gasteiger charge is -2.12. The largest absolute Gasteiger partial charge is 0.350 e. The number of hydrogen-bond donors (Lipinski definition) is 2. The minimum absolute atomic E-state index is 0. The molecule has 0 radical (unpaired) electrons. The third-order valence-electron chi connectivity index (χ3n) is 2.92. The summed E-state index contributed by atoms with van der Waals surface area (Å²) in [5.41, 5.74) is 6.39. The first-order valence-electron chi connectivity index (χ1n) is 5.57. The highest BCUT2D eigenvalue weighted by Crippen LogP contribution is 2.31. The molecule has 2 rings (SSSR count). The number of nitrogens with two attached hydrogens (primary N) is 1. The van der Waals surface area contributed by atoms with Gasteiger partial charge < -0.3 is 11.1 Å². The molecule has 0 saturated heterocycles. The maximum Gasteiger partial charge on any atom is 0.252 e. The van der Waals surface area contributed by atoms with Crippen LogP contribution in [-0.2, 0) is 0 Å². The highest BCUT2D eigenvalue weighted by atomic mass is 79.9. The smallest absolute Gasteiger partial charge is 0.252 e. The molecule has 3 N–H and O–H groups in total. The van der Waals surface area contributed by atoms with Gasteiger partial charge in [-0.05, 0) is 46.8 Å². The fourth-order valence-corrected chi connectivity index (χ4v) is 2.25. The van der Waals surface area contributed by atoms with Crippen LogP contribution in [0.4, 0.5) is 0 Å². The molecule has 1 aliphatic carbocycles. The SMILES string of the molecule is Cl.NC(CNC(=O)c1cccc(Br)c1Cl)C1CC1. The lowest BCUT2D eigenvalue weighted by Crippen LogP contribution is -2.38. The van der Waals surface area contributed by atoms with Gasteiger partial charge in [-0.2, -0.15) is 0 Å². The Morgan fingerprint density at radius 1 is 1.56 bits per heavy atom. The van der Waals surface area contributed by atoms with E-state index in [1.807, 2.05) is 0 Å². The Morgan fingerprint density at radius 2 is 2.22 bits per heavy atom. The first kappa shape index (κ1) is 15.8. The second-order valence-electron chi connectivity index (χ2n) is 4.31. The van der Waals surface area contributed by atoms with Crippen molar-refractivity contribution in [2.24, 2.45) is 11.7 Å². The summed E-state index contributed by atoms with van der Waals surface area (Å²) >= 11 is 9.33. The predicted octanol–water partition coefficient (Wildman–Crippen LogP) is 2.99. The van der Waals surface area contributed by atoms with E-state index in [1.165, 1.54) is 12.8 Å². The van der Waals surface area contributed by atoms with Crippen LogP contribution >= 0.6 is 39.9 Å². The maximum absolute atomic E-state index is 11.9. The normalized spacial score (nSPS) is 15.7. The Morgan fingerprint density at radius 3 is 2.83 bits per heavy atom. The van der Waals surface area contributed by atoms with Crippen LogP contribution in [-0.4, -0.2) is 18.5 Å². The quantitative estimate of drug-likeness (QED) is 0.874. The van der Waals surface area contributed by atoms with E-state index in [4.69, 9.17) is 17.3 Å². The number of rotatable bonds is 4. The van der Waals surface area contributed by atoms with Gasteiger partial charge >= 0.3 is 0 Å². The number of amides is 1. The van der Waals surface area contributed by atoms with Crippen LogP contribution in [0.15, 0.2) is 22.7 Å². The monoisotopic (exact) mass is 352 g/mol. The van der Waals surface area contributed by atoms with Crippen molar-refractivity contribution in [2.75, 3.05) is 6.54 Å². The third kappa shape index (κ3) is 3.85. The van der Waals surface area contributed by atoms with E-state index < -0.39 is 0 Å². The number of carbonyl (C=O) groups is 1. The van der Waals surface area contributed by atoms with E-state index in [0.717, 1.165) is 4.47 Å². The average Bonchev–Trinajstić information content (AvgIpc) is 3.13. The molecule has 0 heterocycles. The van der Waals surface area contributed by atoms with Gasteiger partial charge in [-0.25, -0.2) is 0 Å². The Bertz CT molecular complexity index is 438. The molecule has 1 fully saturated rings. The summed E-state index contributed by atoms with van der Waals surface area (Å²) in [6.45, 7) is 0.506. The van der Waals surface area contributed by atoms with Crippen molar-refractivity contribution in [3.8, 4) is 0 Å². The van der Waals surface area contributed by atoms with E-state index in [2.05, 4.69) is 21.2 Å². The average molecular weight is 354 g/mol. The van der Waals surface area contributed by atoms with Crippen molar-refractivity contribution >= 4 is 45.8 Å². The van der Waals surface area contributed by atoms with E-state index >= 15 is 0 Å². The standard InChI is InChI=1S/C12H14BrClN2O.ClH/c13-9-3-1-2-8(11(9)14)12(17)16-6-10(15)7-4-5-7;/h1-3,7,10H,4-6,15H2,(H,16,17);1H. The Labute approximate surface area is 126 Å². The van der Waals surface area contributed by atoms with Gasteiger partial charge in [-0.1, -0.05) is 17.7 Å². The predicted molar refractivity (Wildman–Crippen MR) is 79.4 cm³/mol. The molecular formula is C12H15BrCl2N2O. The Hall–Kier alpha value is -0.290. The van der Waals surface area contributed by atoms with Gasteiger partial charge in [0.2, 0.25) is 0 Å². The zero-order chi connectivity index (χ0) is 12.4. The molecular weight excluding hydrogens is 339 g/mol. The first-order valence-corrected chi connectivity index (χ1v) is 6.74. The van der Waals surface area contributed by atoms with Crippen LogP contribution in [0.3, 0.4) is 0 Å². The number of hydrogen-bond acceptors (Lipinski definition) is 2. The highest BCUT2D eigenvalue weighted by molar-refractivity contribution is 9.10. The first-order chi connectivity index (χ1) is 8.09. The highest BCUT2D eigenvalue weighted by Gasteiger charge is 2.28. The maximum atomic E-state index is 11.9. The summed E-state index contributed by atoms with van der Waals surface area (Å²) in [4.78, 5) is 11.9. The van der Waals surface area contributed by atoms with E-state index in [0.29, 0.717) is 23.0 Å². The Kier molecular flexibility index (Phi) is 5.92. The van der Waals surface area contributed by atoms with Gasteiger partial charge in [-0.15, -0.1) is 12.4 Å². The summed E-state index contributed by atoms with van der Waals surface area (Å²) in [5, 5.41) is 3.25. The van der Waals surface area contributed by atoms with Crippen molar-refractivity contribution < 1.29 is 4.79 Å². The molecule has 1 amide bonds. The number of benzene rings is 1. The molecule has 1 aromatic carbocycles. The number of nitrogens with one attached hydrogen (secondary N) is 1. The van der Waals surface area contributed by atoms with E-state index in [9.17, 15) is 4.79 Å². The summed E-state index contributed by atoms with van der Waals surface area (Å²) < 4.78 is 0.721. The number of halogens is 3. The molecule has 1 atom stereocenters. The van der Waals surface area contributed by atoms with Crippen LogP contribution in [0.1, 0.15) is 23.2 Å². The van der Waals surface area contributed by atoms with Crippen molar-refractivity contribution in [3.05, 3.63) is 33.3 Å². The van der Waals surface area contributed by atoms with Gasteiger partial charge in [0, 0.05) is 17.1 Å². The van der Waals surface area contributed by atoms with E-state index in [-0.39, 0.29) is 24.4 Å². The van der Waals surface area contributed by atoms with Gasteiger partial charge in [0.15, 0.2) is 0 Å². The molecule has 100 valence electrons. The summed E-state index contributed by atoms with van der Waals surface area (Å²) in [5.74, 6) is 0.403. The van der Waals surface area contributed by atoms with Gasteiger partial charge in [0.1, 0.15) is 0 Å². The lowest BCUT2D eigenvalue weighted by molar-refractivity contribution is 0.0950. The van der Waals surface area contributed by atoms with Crippen LogP contribution in [0.5, 0.6) is 0 Å². The molecule has 6 heteroatoms. The van der Waals surface area contributed by atoms with Crippen molar-refractivity contribution in [1.82, 2.24) is 5.32 Å². The summed E-state index contributed by atoms with van der Waals surface area (Å²) in [6, 6.07) is 5.34. The summed E-state index contributed by atoms with van der Waals surface area (Å²) in [7, 11) is 0. The van der Waals surface area contributed by atoms with Crippen LogP contribution in [0, 0.1) is 5.92 Å². The molecule has 0 spiro atoms. The van der Waals surface area contributed by atoms with Crippen LogP contribution in [0.2, 0.25) is 5.02 Å². The fraction of sp³-hybridized carbons (Fsp3) is 0.417. The molecule has 1 aliphatic rings. The summed E-state index contributed by atoms with van der Waals surface area (Å²) in [6.07, 6.45) is 2.35. The molecule has 1 aromatic rings. The van der Waals surface area contributed by atoms with Crippen molar-refractivity contribution in [3.63, 3.8) is 0 Å². The molecule has 1 saturated carbocycles. The molecule has 0 aliphatic heterocycles. The second-order valence-corrected chi connectivity index (χ2v) is 5.54. The van der Waals surface area contributed by atoms with Crippen LogP contribution in [0.25, 0.3) is 0 Å². The lowest BCUT2D eigenvalue weighted by atomic mass is 10.2. The van der Waals surface area contributed by atoms with Crippen molar-refractivity contribution in [2.45, 2.75) is 18.9 Å². The number of carbonyl (C=O) groups excluding carboxylic acids is 1. The molecule has 18 heavy (non-hydrogen) atoms. The molecule has 1 unspecified atom stereocenters. The third-order valence-corrected chi connectivity index (χ3v) is 4.22. The topological polar surface area (TPSA) is 55.1 Å². The van der Waals surface area contributed by atoms with E-state index in [1.54, 1.807) is 18.2 Å². The zero-order valence-corrected chi connectivity index (χ0v) is 12.8.